The quantitative estimate of drug-likeness (QED) is 0.634. The van der Waals surface area contributed by atoms with Gasteiger partial charge in [0, 0.05) is 16.1 Å². The SMILES string of the molecule is CCc1nc2c(C)cc(Cl)cc2c(NN)c1C. The molecule has 0 amide bonds. The van der Waals surface area contributed by atoms with Crippen molar-refractivity contribution in [3.8, 4) is 0 Å². The summed E-state index contributed by atoms with van der Waals surface area (Å²) in [5.41, 5.74) is 7.87. The maximum Gasteiger partial charge on any atom is 0.0756 e. The number of rotatable bonds is 2. The van der Waals surface area contributed by atoms with Gasteiger partial charge >= 0.3 is 0 Å². The molecule has 3 nitrogen and oxygen atoms in total. The van der Waals surface area contributed by atoms with Crippen LogP contribution in [-0.2, 0) is 6.42 Å². The van der Waals surface area contributed by atoms with Gasteiger partial charge in [-0.2, -0.15) is 0 Å². The average Bonchev–Trinajstić information content (AvgIpc) is 2.28. The second kappa shape index (κ2) is 4.51. The van der Waals surface area contributed by atoms with Crippen LogP contribution in [0, 0.1) is 13.8 Å². The minimum absolute atomic E-state index is 0.706. The van der Waals surface area contributed by atoms with Crippen LogP contribution in [0.15, 0.2) is 12.1 Å². The summed E-state index contributed by atoms with van der Waals surface area (Å²) in [6.45, 7) is 6.12. The number of nitrogens with one attached hydrogen (secondary N) is 1. The van der Waals surface area contributed by atoms with E-state index in [2.05, 4.69) is 17.3 Å². The van der Waals surface area contributed by atoms with Gasteiger partial charge < -0.3 is 5.43 Å². The van der Waals surface area contributed by atoms with Crippen LogP contribution >= 0.6 is 11.6 Å². The van der Waals surface area contributed by atoms with Gasteiger partial charge in [-0.1, -0.05) is 18.5 Å². The summed E-state index contributed by atoms with van der Waals surface area (Å²) < 4.78 is 0. The highest BCUT2D eigenvalue weighted by Crippen LogP contribution is 2.31. The third kappa shape index (κ3) is 1.96. The molecule has 0 aliphatic heterocycles. The minimum Gasteiger partial charge on any atom is -0.323 e. The first-order valence-electron chi connectivity index (χ1n) is 5.64. The molecule has 1 aromatic carbocycles. The van der Waals surface area contributed by atoms with Crippen LogP contribution in [0.3, 0.4) is 0 Å². The highest BCUT2D eigenvalue weighted by Gasteiger charge is 2.12. The van der Waals surface area contributed by atoms with E-state index in [0.717, 1.165) is 39.8 Å². The van der Waals surface area contributed by atoms with Gasteiger partial charge in [0.1, 0.15) is 0 Å². The Bertz CT molecular complexity index is 579. The monoisotopic (exact) mass is 249 g/mol. The van der Waals surface area contributed by atoms with E-state index < -0.39 is 0 Å². The van der Waals surface area contributed by atoms with Crippen LogP contribution in [0.1, 0.15) is 23.7 Å². The second-order valence-electron chi connectivity index (χ2n) is 4.18. The van der Waals surface area contributed by atoms with E-state index in [-0.39, 0.29) is 0 Å². The lowest BCUT2D eigenvalue weighted by Gasteiger charge is -2.14. The highest BCUT2D eigenvalue weighted by molar-refractivity contribution is 6.31. The van der Waals surface area contributed by atoms with Crippen molar-refractivity contribution < 1.29 is 0 Å². The summed E-state index contributed by atoms with van der Waals surface area (Å²) in [4.78, 5) is 4.69. The first kappa shape index (κ1) is 12.1. The Hall–Kier alpha value is -1.32. The van der Waals surface area contributed by atoms with Crippen molar-refractivity contribution in [3.63, 3.8) is 0 Å². The van der Waals surface area contributed by atoms with Crippen LogP contribution < -0.4 is 11.3 Å². The molecule has 4 heteroatoms. The number of aromatic nitrogens is 1. The summed E-state index contributed by atoms with van der Waals surface area (Å²) >= 11 is 6.08. The zero-order chi connectivity index (χ0) is 12.6. The van der Waals surface area contributed by atoms with Gasteiger partial charge in [0.05, 0.1) is 11.2 Å². The number of benzene rings is 1. The number of halogens is 1. The molecule has 1 aromatic heterocycles. The average molecular weight is 250 g/mol. The van der Waals surface area contributed by atoms with Crippen molar-refractivity contribution in [2.24, 2.45) is 5.84 Å². The molecule has 0 fully saturated rings. The van der Waals surface area contributed by atoms with E-state index >= 15 is 0 Å². The molecule has 0 aliphatic carbocycles. The molecule has 0 unspecified atom stereocenters. The molecule has 2 aromatic rings. The van der Waals surface area contributed by atoms with Crippen LogP contribution in [-0.4, -0.2) is 4.98 Å². The highest BCUT2D eigenvalue weighted by atomic mass is 35.5. The van der Waals surface area contributed by atoms with Crippen molar-refractivity contribution in [2.45, 2.75) is 27.2 Å². The van der Waals surface area contributed by atoms with Crippen molar-refractivity contribution >= 4 is 28.2 Å². The third-order valence-electron chi connectivity index (χ3n) is 3.07. The fraction of sp³-hybridized carbons (Fsp3) is 0.308. The number of fused-ring (bicyclic) bond motifs is 1. The number of hydrogen-bond acceptors (Lipinski definition) is 3. The van der Waals surface area contributed by atoms with Gasteiger partial charge in [0.25, 0.3) is 0 Å². The van der Waals surface area contributed by atoms with Gasteiger partial charge in [-0.15, -0.1) is 0 Å². The lowest BCUT2D eigenvalue weighted by molar-refractivity contribution is 1.03. The Kier molecular flexibility index (Phi) is 3.22. The Morgan fingerprint density at radius 1 is 1.35 bits per heavy atom. The maximum atomic E-state index is 6.08. The molecule has 0 aliphatic rings. The summed E-state index contributed by atoms with van der Waals surface area (Å²) in [6, 6.07) is 3.82. The molecular formula is C13H16ClN3. The molecule has 0 radical (unpaired) electrons. The molecule has 0 bridgehead atoms. The molecule has 3 N–H and O–H groups in total. The normalized spacial score (nSPS) is 10.9. The van der Waals surface area contributed by atoms with Gasteiger partial charge in [-0.25, -0.2) is 0 Å². The van der Waals surface area contributed by atoms with Crippen LogP contribution in [0.2, 0.25) is 5.02 Å². The molecule has 17 heavy (non-hydrogen) atoms. The largest absolute Gasteiger partial charge is 0.323 e. The summed E-state index contributed by atoms with van der Waals surface area (Å²) in [5, 5.41) is 1.68. The number of hydrazine groups is 1. The summed E-state index contributed by atoms with van der Waals surface area (Å²) in [5.74, 6) is 5.62. The van der Waals surface area contributed by atoms with E-state index in [1.54, 1.807) is 0 Å². The van der Waals surface area contributed by atoms with Gasteiger partial charge in [0.15, 0.2) is 0 Å². The van der Waals surface area contributed by atoms with E-state index in [0.29, 0.717) is 5.02 Å². The fourth-order valence-corrected chi connectivity index (χ4v) is 2.44. The number of nitrogen functional groups attached to an aromatic ring is 1. The van der Waals surface area contributed by atoms with E-state index in [1.165, 1.54) is 0 Å². The van der Waals surface area contributed by atoms with E-state index in [1.807, 2.05) is 26.0 Å². The molecule has 0 atom stereocenters. The zero-order valence-corrected chi connectivity index (χ0v) is 11.0. The zero-order valence-electron chi connectivity index (χ0n) is 10.3. The third-order valence-corrected chi connectivity index (χ3v) is 3.29. The van der Waals surface area contributed by atoms with E-state index in [9.17, 15) is 0 Å². The van der Waals surface area contributed by atoms with Crippen molar-refractivity contribution in [3.05, 3.63) is 34.0 Å². The molecular weight excluding hydrogens is 234 g/mol. The van der Waals surface area contributed by atoms with Gasteiger partial charge in [-0.05, 0) is 43.5 Å². The van der Waals surface area contributed by atoms with Gasteiger partial charge in [0.2, 0.25) is 0 Å². The maximum absolute atomic E-state index is 6.08. The molecule has 90 valence electrons. The van der Waals surface area contributed by atoms with Crippen LogP contribution in [0.4, 0.5) is 5.69 Å². The molecule has 1 heterocycles. The van der Waals surface area contributed by atoms with Crippen molar-refractivity contribution in [1.82, 2.24) is 4.98 Å². The minimum atomic E-state index is 0.706. The van der Waals surface area contributed by atoms with Crippen LogP contribution in [0.25, 0.3) is 10.9 Å². The van der Waals surface area contributed by atoms with Crippen molar-refractivity contribution in [2.75, 3.05) is 5.43 Å². The summed E-state index contributed by atoms with van der Waals surface area (Å²) in [6.07, 6.45) is 0.887. The molecule has 0 saturated heterocycles. The number of pyridine rings is 1. The number of nitrogens with zero attached hydrogens (tertiary/aromatic N) is 1. The fourth-order valence-electron chi connectivity index (χ4n) is 2.17. The first-order valence-corrected chi connectivity index (χ1v) is 6.02. The summed E-state index contributed by atoms with van der Waals surface area (Å²) in [7, 11) is 0. The van der Waals surface area contributed by atoms with Crippen molar-refractivity contribution in [1.29, 1.82) is 0 Å². The lowest BCUT2D eigenvalue weighted by atomic mass is 10.0. The molecule has 2 rings (SSSR count). The van der Waals surface area contributed by atoms with Gasteiger partial charge in [-0.3, -0.25) is 10.8 Å². The topological polar surface area (TPSA) is 50.9 Å². The van der Waals surface area contributed by atoms with E-state index in [4.69, 9.17) is 17.4 Å². The standard InChI is InChI=1S/C13H16ClN3/c1-4-11-8(3)13(17-15)10-6-9(14)5-7(2)12(10)16-11/h5-6H,4,15H2,1-3H3,(H,16,17). The first-order chi connectivity index (χ1) is 8.08. The molecule has 0 saturated carbocycles. The smallest absolute Gasteiger partial charge is 0.0756 e. The second-order valence-corrected chi connectivity index (χ2v) is 4.61. The predicted octanol–water partition coefficient (Wildman–Crippen LogP) is 3.35. The van der Waals surface area contributed by atoms with Crippen LogP contribution in [0.5, 0.6) is 0 Å². The Labute approximate surface area is 106 Å². The Balaban J connectivity index is 2.92. The number of aryl methyl sites for hydroxylation is 2. The number of nitrogens with two attached hydrogens (primary N) is 1. The number of anilines is 1. The molecule has 0 spiro atoms. The Morgan fingerprint density at radius 2 is 2.06 bits per heavy atom. The lowest BCUT2D eigenvalue weighted by Crippen LogP contribution is -2.11. The number of hydrogen-bond donors (Lipinski definition) is 2. The Morgan fingerprint density at radius 3 is 2.65 bits per heavy atom. The predicted molar refractivity (Wildman–Crippen MR) is 73.4 cm³/mol.